The average molecular weight is 250 g/mol. The lowest BCUT2D eigenvalue weighted by atomic mass is 9.82. The Balaban J connectivity index is 1.97. The van der Waals surface area contributed by atoms with Gasteiger partial charge in [-0.1, -0.05) is 0 Å². The second kappa shape index (κ2) is 5.35. The first-order valence-electron chi connectivity index (χ1n) is 6.16. The van der Waals surface area contributed by atoms with Gasteiger partial charge in [0.1, 0.15) is 5.75 Å². The lowest BCUT2D eigenvalue weighted by Crippen LogP contribution is -2.38. The molecule has 0 aliphatic heterocycles. The first-order chi connectivity index (χ1) is 8.60. The van der Waals surface area contributed by atoms with Gasteiger partial charge in [-0.25, -0.2) is 0 Å². The summed E-state index contributed by atoms with van der Waals surface area (Å²) in [5, 5.41) is 13.9. The molecule has 1 saturated carbocycles. The maximum Gasteiger partial charge on any atom is 0.273 e. The van der Waals surface area contributed by atoms with Crippen molar-refractivity contribution in [3.05, 3.63) is 33.9 Å². The SMILES string of the molecule is CNCC1CC(Oc2cc([N+](=O)[O-])ccc2C)C1. The summed E-state index contributed by atoms with van der Waals surface area (Å²) in [4.78, 5) is 10.3. The van der Waals surface area contributed by atoms with Crippen LogP contribution in [0.1, 0.15) is 18.4 Å². The Bertz CT molecular complexity index is 442. The normalized spacial score (nSPS) is 22.3. The fourth-order valence-corrected chi connectivity index (χ4v) is 2.23. The monoisotopic (exact) mass is 250 g/mol. The van der Waals surface area contributed by atoms with E-state index in [1.54, 1.807) is 6.07 Å². The van der Waals surface area contributed by atoms with E-state index in [1.807, 2.05) is 14.0 Å². The topological polar surface area (TPSA) is 64.4 Å². The molecule has 18 heavy (non-hydrogen) atoms. The van der Waals surface area contributed by atoms with Gasteiger partial charge in [0.2, 0.25) is 0 Å². The summed E-state index contributed by atoms with van der Waals surface area (Å²) in [6, 6.07) is 4.75. The molecule has 0 heterocycles. The van der Waals surface area contributed by atoms with E-state index in [9.17, 15) is 10.1 Å². The minimum Gasteiger partial charge on any atom is -0.490 e. The van der Waals surface area contributed by atoms with Gasteiger partial charge in [-0.05, 0) is 50.9 Å². The predicted molar refractivity (Wildman–Crippen MR) is 68.9 cm³/mol. The number of hydrogen-bond acceptors (Lipinski definition) is 4. The van der Waals surface area contributed by atoms with Crippen LogP contribution in [0.3, 0.4) is 0 Å². The maximum atomic E-state index is 10.7. The lowest BCUT2D eigenvalue weighted by Gasteiger charge is -2.35. The molecule has 5 nitrogen and oxygen atoms in total. The van der Waals surface area contributed by atoms with E-state index in [0.29, 0.717) is 11.7 Å². The molecule has 0 atom stereocenters. The van der Waals surface area contributed by atoms with Crippen molar-refractivity contribution in [3.63, 3.8) is 0 Å². The average Bonchev–Trinajstić information content (AvgIpc) is 2.28. The van der Waals surface area contributed by atoms with Crippen molar-refractivity contribution >= 4 is 5.69 Å². The summed E-state index contributed by atoms with van der Waals surface area (Å²) < 4.78 is 5.82. The zero-order valence-corrected chi connectivity index (χ0v) is 10.7. The van der Waals surface area contributed by atoms with Crippen LogP contribution in [0.5, 0.6) is 5.75 Å². The van der Waals surface area contributed by atoms with E-state index in [2.05, 4.69) is 5.32 Å². The molecule has 0 bridgehead atoms. The number of nitro groups is 1. The van der Waals surface area contributed by atoms with Gasteiger partial charge in [-0.2, -0.15) is 0 Å². The summed E-state index contributed by atoms with van der Waals surface area (Å²) in [6.45, 7) is 2.91. The van der Waals surface area contributed by atoms with Crippen molar-refractivity contribution in [2.45, 2.75) is 25.9 Å². The molecule has 1 aromatic rings. The number of non-ortho nitro benzene ring substituents is 1. The second-order valence-corrected chi connectivity index (χ2v) is 4.84. The molecule has 5 heteroatoms. The molecule has 1 aliphatic carbocycles. The molecule has 0 spiro atoms. The fraction of sp³-hybridized carbons (Fsp3) is 0.538. The highest BCUT2D eigenvalue weighted by Crippen LogP contribution is 2.33. The van der Waals surface area contributed by atoms with Crippen LogP contribution in [0.4, 0.5) is 5.69 Å². The number of ether oxygens (including phenoxy) is 1. The number of nitro benzene ring substituents is 1. The summed E-state index contributed by atoms with van der Waals surface area (Å²) in [6.07, 6.45) is 2.23. The smallest absolute Gasteiger partial charge is 0.273 e. The first kappa shape index (κ1) is 12.8. The van der Waals surface area contributed by atoms with E-state index >= 15 is 0 Å². The van der Waals surface area contributed by atoms with Crippen LogP contribution in [0, 0.1) is 23.0 Å². The van der Waals surface area contributed by atoms with Crippen molar-refractivity contribution in [2.24, 2.45) is 5.92 Å². The zero-order chi connectivity index (χ0) is 13.1. The number of aryl methyl sites for hydroxylation is 1. The van der Waals surface area contributed by atoms with E-state index < -0.39 is 4.92 Å². The Labute approximate surface area is 106 Å². The Morgan fingerprint density at radius 1 is 1.50 bits per heavy atom. The highest BCUT2D eigenvalue weighted by atomic mass is 16.6. The van der Waals surface area contributed by atoms with Gasteiger partial charge in [-0.3, -0.25) is 10.1 Å². The van der Waals surface area contributed by atoms with Crippen molar-refractivity contribution < 1.29 is 9.66 Å². The standard InChI is InChI=1S/C13H18N2O3/c1-9-3-4-11(15(16)17)7-13(9)18-12-5-10(6-12)8-14-2/h3-4,7,10,12,14H,5-6,8H2,1-2H3. The minimum atomic E-state index is -0.392. The van der Waals surface area contributed by atoms with Gasteiger partial charge < -0.3 is 10.1 Å². The third kappa shape index (κ3) is 2.79. The number of benzene rings is 1. The van der Waals surface area contributed by atoms with Gasteiger partial charge in [-0.15, -0.1) is 0 Å². The van der Waals surface area contributed by atoms with Gasteiger partial charge in [0.15, 0.2) is 0 Å². The van der Waals surface area contributed by atoms with Crippen LogP contribution < -0.4 is 10.1 Å². The molecule has 0 unspecified atom stereocenters. The number of rotatable bonds is 5. The third-order valence-corrected chi connectivity index (χ3v) is 3.36. The Hall–Kier alpha value is -1.62. The van der Waals surface area contributed by atoms with Crippen molar-refractivity contribution in [1.82, 2.24) is 5.32 Å². The van der Waals surface area contributed by atoms with E-state index in [-0.39, 0.29) is 11.8 Å². The summed E-state index contributed by atoms with van der Waals surface area (Å²) in [7, 11) is 1.94. The van der Waals surface area contributed by atoms with E-state index in [4.69, 9.17) is 4.74 Å². The van der Waals surface area contributed by atoms with Crippen molar-refractivity contribution in [1.29, 1.82) is 0 Å². The molecule has 1 fully saturated rings. The van der Waals surface area contributed by atoms with Crippen LogP contribution in [-0.2, 0) is 0 Å². The van der Waals surface area contributed by atoms with Crippen LogP contribution in [0.25, 0.3) is 0 Å². The van der Waals surface area contributed by atoms with Crippen LogP contribution >= 0.6 is 0 Å². The maximum absolute atomic E-state index is 10.7. The molecule has 1 aliphatic rings. The molecule has 0 aromatic heterocycles. The Morgan fingerprint density at radius 3 is 2.83 bits per heavy atom. The molecular weight excluding hydrogens is 232 g/mol. The van der Waals surface area contributed by atoms with Gasteiger partial charge in [0, 0.05) is 6.07 Å². The minimum absolute atomic E-state index is 0.0849. The summed E-state index contributed by atoms with van der Waals surface area (Å²) in [5.41, 5.74) is 1.03. The number of nitrogens with one attached hydrogen (secondary N) is 1. The molecule has 0 saturated heterocycles. The second-order valence-electron chi connectivity index (χ2n) is 4.84. The van der Waals surface area contributed by atoms with Crippen molar-refractivity contribution in [2.75, 3.05) is 13.6 Å². The van der Waals surface area contributed by atoms with E-state index in [1.165, 1.54) is 12.1 Å². The number of nitrogens with zero attached hydrogens (tertiary/aromatic N) is 1. The Kier molecular flexibility index (Phi) is 3.81. The quantitative estimate of drug-likeness (QED) is 0.643. The summed E-state index contributed by atoms with van der Waals surface area (Å²) >= 11 is 0. The van der Waals surface area contributed by atoms with Gasteiger partial charge in [0.05, 0.1) is 17.1 Å². The van der Waals surface area contributed by atoms with Crippen molar-refractivity contribution in [3.8, 4) is 5.75 Å². The summed E-state index contributed by atoms with van der Waals surface area (Å²) in [5.74, 6) is 1.30. The molecule has 1 aromatic carbocycles. The predicted octanol–water partition coefficient (Wildman–Crippen LogP) is 2.28. The molecule has 1 N–H and O–H groups in total. The highest BCUT2D eigenvalue weighted by Gasteiger charge is 2.30. The third-order valence-electron chi connectivity index (χ3n) is 3.36. The van der Waals surface area contributed by atoms with E-state index in [0.717, 1.165) is 24.9 Å². The lowest BCUT2D eigenvalue weighted by molar-refractivity contribution is -0.385. The highest BCUT2D eigenvalue weighted by molar-refractivity contribution is 5.43. The fourth-order valence-electron chi connectivity index (χ4n) is 2.23. The molecule has 98 valence electrons. The molecular formula is C13H18N2O3. The molecule has 2 rings (SSSR count). The van der Waals surface area contributed by atoms with Crippen LogP contribution in [-0.4, -0.2) is 24.6 Å². The molecule has 0 amide bonds. The largest absolute Gasteiger partial charge is 0.490 e. The first-order valence-corrected chi connectivity index (χ1v) is 6.16. The van der Waals surface area contributed by atoms with Gasteiger partial charge >= 0.3 is 0 Å². The van der Waals surface area contributed by atoms with Gasteiger partial charge in [0.25, 0.3) is 5.69 Å². The van der Waals surface area contributed by atoms with Crippen LogP contribution in [0.15, 0.2) is 18.2 Å². The Morgan fingerprint density at radius 2 is 2.22 bits per heavy atom. The van der Waals surface area contributed by atoms with Crippen LogP contribution in [0.2, 0.25) is 0 Å². The molecule has 0 radical (unpaired) electrons. The number of hydrogen-bond donors (Lipinski definition) is 1. The zero-order valence-electron chi connectivity index (χ0n) is 10.7.